The van der Waals surface area contributed by atoms with Gasteiger partial charge in [0.2, 0.25) is 5.91 Å². The van der Waals surface area contributed by atoms with E-state index in [9.17, 15) is 18.0 Å². The van der Waals surface area contributed by atoms with Gasteiger partial charge in [-0.15, -0.1) is 0 Å². The van der Waals surface area contributed by atoms with Gasteiger partial charge in [-0.3, -0.25) is 4.79 Å². The monoisotopic (exact) mass is 430 g/mol. The number of hydrogen-bond acceptors (Lipinski definition) is 2. The van der Waals surface area contributed by atoms with E-state index in [1.807, 2.05) is 11.0 Å². The second kappa shape index (κ2) is 9.03. The summed E-state index contributed by atoms with van der Waals surface area (Å²) >= 11 is 0. The lowest BCUT2D eigenvalue weighted by molar-refractivity contribution is -0.139. The molecule has 0 aromatic heterocycles. The Balaban J connectivity index is 1.26. The van der Waals surface area contributed by atoms with Crippen LogP contribution in [-0.2, 0) is 23.9 Å². The summed E-state index contributed by atoms with van der Waals surface area (Å²) in [6.07, 6.45) is 0.458. The van der Waals surface area contributed by atoms with Crippen molar-refractivity contribution in [3.63, 3.8) is 0 Å². The first-order chi connectivity index (χ1) is 14.9. The minimum atomic E-state index is -4.33. The van der Waals surface area contributed by atoms with Crippen LogP contribution in [0.2, 0.25) is 0 Å². The van der Waals surface area contributed by atoms with Gasteiger partial charge in [-0.1, -0.05) is 42.5 Å². The van der Waals surface area contributed by atoms with E-state index in [1.54, 1.807) is 0 Å². The highest BCUT2D eigenvalue weighted by Crippen LogP contribution is 2.42. The molecule has 0 radical (unpaired) electrons. The SMILES string of the molecule is O=C1N(Cc2ccc(C(F)(F)F)cc2)CCC12CCN(CCCc1ccccc1)CC2. The maximum Gasteiger partial charge on any atom is 0.416 e. The first-order valence-corrected chi connectivity index (χ1v) is 11.1. The molecular formula is C25H29F3N2O. The lowest BCUT2D eigenvalue weighted by Crippen LogP contribution is -2.44. The van der Waals surface area contributed by atoms with Gasteiger partial charge in [0.1, 0.15) is 0 Å². The first-order valence-electron chi connectivity index (χ1n) is 11.1. The molecule has 0 aliphatic carbocycles. The molecule has 2 saturated heterocycles. The maximum atomic E-state index is 13.1. The minimum Gasteiger partial charge on any atom is -0.338 e. The Morgan fingerprint density at radius 3 is 2.13 bits per heavy atom. The van der Waals surface area contributed by atoms with Crippen LogP contribution in [0.5, 0.6) is 0 Å². The molecule has 0 atom stereocenters. The number of aryl methyl sites for hydroxylation is 1. The van der Waals surface area contributed by atoms with Crippen molar-refractivity contribution in [3.8, 4) is 0 Å². The van der Waals surface area contributed by atoms with Crippen molar-refractivity contribution in [3.05, 3.63) is 71.3 Å². The summed E-state index contributed by atoms with van der Waals surface area (Å²) in [5.74, 6) is 0.177. The number of benzene rings is 2. The highest BCUT2D eigenvalue weighted by atomic mass is 19.4. The largest absolute Gasteiger partial charge is 0.416 e. The summed E-state index contributed by atoms with van der Waals surface area (Å²) in [6, 6.07) is 15.7. The average molecular weight is 431 g/mol. The van der Waals surface area contributed by atoms with E-state index in [2.05, 4.69) is 29.2 Å². The molecule has 2 aliphatic rings. The highest BCUT2D eigenvalue weighted by Gasteiger charge is 2.47. The number of nitrogens with zero attached hydrogens (tertiary/aromatic N) is 2. The number of halogens is 3. The Hall–Kier alpha value is -2.34. The third kappa shape index (κ3) is 5.12. The number of piperidine rings is 1. The summed E-state index contributed by atoms with van der Waals surface area (Å²) in [5.41, 5.74) is 1.18. The van der Waals surface area contributed by atoms with Crippen LogP contribution in [0.4, 0.5) is 13.2 Å². The normalized spacial score (nSPS) is 19.3. The third-order valence-electron chi connectivity index (χ3n) is 6.85. The smallest absolute Gasteiger partial charge is 0.338 e. The molecule has 6 heteroatoms. The van der Waals surface area contributed by atoms with E-state index in [0.717, 1.165) is 69.4 Å². The van der Waals surface area contributed by atoms with Gasteiger partial charge in [-0.25, -0.2) is 0 Å². The minimum absolute atomic E-state index is 0.177. The molecule has 2 aromatic rings. The van der Waals surface area contributed by atoms with Gasteiger partial charge in [0.25, 0.3) is 0 Å². The Kier molecular flexibility index (Phi) is 6.37. The number of carbonyl (C=O) groups excluding carboxylic acids is 1. The Morgan fingerprint density at radius 1 is 0.839 bits per heavy atom. The van der Waals surface area contributed by atoms with Crippen LogP contribution < -0.4 is 0 Å². The number of amides is 1. The molecule has 0 unspecified atom stereocenters. The summed E-state index contributed by atoms with van der Waals surface area (Å²) in [6.45, 7) is 4.01. The van der Waals surface area contributed by atoms with E-state index < -0.39 is 11.7 Å². The fourth-order valence-corrected chi connectivity index (χ4v) is 4.88. The van der Waals surface area contributed by atoms with Crippen LogP contribution in [0.25, 0.3) is 0 Å². The molecule has 3 nitrogen and oxygen atoms in total. The van der Waals surface area contributed by atoms with E-state index in [1.165, 1.54) is 17.7 Å². The summed E-state index contributed by atoms with van der Waals surface area (Å²) < 4.78 is 38.3. The van der Waals surface area contributed by atoms with E-state index in [0.29, 0.717) is 13.1 Å². The lowest BCUT2D eigenvalue weighted by Gasteiger charge is -2.38. The van der Waals surface area contributed by atoms with Gasteiger partial charge in [-0.05, 0) is 75.0 Å². The zero-order chi connectivity index (χ0) is 21.9. The first kappa shape index (κ1) is 21.9. The van der Waals surface area contributed by atoms with Crippen molar-refractivity contribution < 1.29 is 18.0 Å². The van der Waals surface area contributed by atoms with E-state index in [4.69, 9.17) is 0 Å². The van der Waals surface area contributed by atoms with Gasteiger partial charge in [0.15, 0.2) is 0 Å². The second-order valence-corrected chi connectivity index (χ2v) is 8.88. The molecule has 2 aliphatic heterocycles. The fourth-order valence-electron chi connectivity index (χ4n) is 4.88. The Bertz CT molecular complexity index is 872. The van der Waals surface area contributed by atoms with Crippen LogP contribution in [0.3, 0.4) is 0 Å². The summed E-state index contributed by atoms with van der Waals surface area (Å²) in [7, 11) is 0. The average Bonchev–Trinajstić information content (AvgIpc) is 3.05. The highest BCUT2D eigenvalue weighted by molar-refractivity contribution is 5.85. The quantitative estimate of drug-likeness (QED) is 0.633. The summed E-state index contributed by atoms with van der Waals surface area (Å²) in [4.78, 5) is 17.4. The molecule has 2 heterocycles. The van der Waals surface area contributed by atoms with Gasteiger partial charge in [0.05, 0.1) is 11.0 Å². The summed E-state index contributed by atoms with van der Waals surface area (Å²) in [5, 5.41) is 0. The van der Waals surface area contributed by atoms with Gasteiger partial charge < -0.3 is 9.80 Å². The van der Waals surface area contributed by atoms with Crippen LogP contribution in [-0.4, -0.2) is 41.9 Å². The molecule has 2 fully saturated rings. The van der Waals surface area contributed by atoms with Crippen LogP contribution in [0.1, 0.15) is 42.4 Å². The van der Waals surface area contributed by atoms with Crippen molar-refractivity contribution in [2.45, 2.75) is 44.8 Å². The van der Waals surface area contributed by atoms with Crippen molar-refractivity contribution in [1.82, 2.24) is 9.80 Å². The van der Waals surface area contributed by atoms with Gasteiger partial charge in [0, 0.05) is 13.1 Å². The molecule has 166 valence electrons. The molecule has 0 bridgehead atoms. The van der Waals surface area contributed by atoms with Crippen molar-refractivity contribution in [2.75, 3.05) is 26.2 Å². The predicted octanol–water partition coefficient (Wildman–Crippen LogP) is 5.15. The Morgan fingerprint density at radius 2 is 1.48 bits per heavy atom. The predicted molar refractivity (Wildman–Crippen MR) is 114 cm³/mol. The zero-order valence-corrected chi connectivity index (χ0v) is 17.7. The van der Waals surface area contributed by atoms with Crippen molar-refractivity contribution in [2.24, 2.45) is 5.41 Å². The number of rotatable bonds is 6. The van der Waals surface area contributed by atoms with Crippen LogP contribution in [0, 0.1) is 5.41 Å². The fraction of sp³-hybridized carbons (Fsp3) is 0.480. The molecule has 2 aromatic carbocycles. The van der Waals surface area contributed by atoms with Crippen LogP contribution in [0.15, 0.2) is 54.6 Å². The molecule has 31 heavy (non-hydrogen) atoms. The van der Waals surface area contributed by atoms with Gasteiger partial charge in [-0.2, -0.15) is 13.2 Å². The molecule has 0 saturated carbocycles. The molecule has 1 spiro atoms. The van der Waals surface area contributed by atoms with E-state index >= 15 is 0 Å². The maximum absolute atomic E-state index is 13.1. The molecule has 4 rings (SSSR count). The topological polar surface area (TPSA) is 23.6 Å². The van der Waals surface area contributed by atoms with Gasteiger partial charge >= 0.3 is 6.18 Å². The number of hydrogen-bond donors (Lipinski definition) is 0. The zero-order valence-electron chi connectivity index (χ0n) is 17.7. The molecule has 1 amide bonds. The molecule has 0 N–H and O–H groups in total. The number of likely N-dealkylation sites (tertiary alicyclic amines) is 2. The number of alkyl halides is 3. The van der Waals surface area contributed by atoms with Crippen molar-refractivity contribution >= 4 is 5.91 Å². The molecular weight excluding hydrogens is 401 g/mol. The third-order valence-corrected chi connectivity index (χ3v) is 6.85. The van der Waals surface area contributed by atoms with Crippen LogP contribution >= 0.6 is 0 Å². The Labute approximate surface area is 181 Å². The van der Waals surface area contributed by atoms with E-state index in [-0.39, 0.29) is 11.3 Å². The second-order valence-electron chi connectivity index (χ2n) is 8.88. The lowest BCUT2D eigenvalue weighted by atomic mass is 9.77. The van der Waals surface area contributed by atoms with Crippen molar-refractivity contribution in [1.29, 1.82) is 0 Å². The standard InChI is InChI=1S/C25H29F3N2O/c26-25(27,28)22-10-8-21(9-11-22)19-30-18-14-24(23(30)31)12-16-29(17-13-24)15-4-7-20-5-2-1-3-6-20/h1-3,5-6,8-11H,4,7,12-19H2. The number of carbonyl (C=O) groups is 1.